The highest BCUT2D eigenvalue weighted by molar-refractivity contribution is 5.85. The van der Waals surface area contributed by atoms with Crippen LogP contribution in [0.1, 0.15) is 11.1 Å². The molecule has 0 unspecified atom stereocenters. The van der Waals surface area contributed by atoms with Crippen molar-refractivity contribution in [2.45, 2.75) is 6.42 Å². The van der Waals surface area contributed by atoms with E-state index in [4.69, 9.17) is 14.9 Å². The molecule has 132 valence electrons. The van der Waals surface area contributed by atoms with E-state index in [1.807, 2.05) is 24.3 Å². The summed E-state index contributed by atoms with van der Waals surface area (Å²) in [6.45, 7) is 4.11. The van der Waals surface area contributed by atoms with Gasteiger partial charge in [-0.1, -0.05) is 43.0 Å². The quantitative estimate of drug-likeness (QED) is 0.311. The molecule has 25 heavy (non-hydrogen) atoms. The molecule has 2 aromatic rings. The summed E-state index contributed by atoms with van der Waals surface area (Å²) in [5.41, 5.74) is 4.73. The van der Waals surface area contributed by atoms with Crippen molar-refractivity contribution in [2.24, 2.45) is 0 Å². The van der Waals surface area contributed by atoms with Crippen LogP contribution < -0.4 is 4.74 Å². The topological polar surface area (TPSA) is 76.0 Å². The fourth-order valence-corrected chi connectivity index (χ4v) is 2.60. The first-order valence-electron chi connectivity index (χ1n) is 8.05. The molecule has 0 bridgehead atoms. The SMILES string of the molecule is C=CC(=O)Oc1cccc2c1Cc1ccccc1-2.OCCOCCO. The summed E-state index contributed by atoms with van der Waals surface area (Å²) in [4.78, 5) is 11.3. The number of hydrogen-bond acceptors (Lipinski definition) is 5. The van der Waals surface area contributed by atoms with Gasteiger partial charge in [0, 0.05) is 18.1 Å². The molecule has 0 saturated carbocycles. The number of aliphatic hydroxyl groups is 2. The third kappa shape index (κ3) is 5.00. The Morgan fingerprint density at radius 3 is 2.40 bits per heavy atom. The molecule has 2 aromatic carbocycles. The lowest BCUT2D eigenvalue weighted by atomic mass is 10.1. The maximum Gasteiger partial charge on any atom is 0.335 e. The highest BCUT2D eigenvalue weighted by atomic mass is 16.5. The molecule has 2 N–H and O–H groups in total. The van der Waals surface area contributed by atoms with E-state index in [-0.39, 0.29) is 13.2 Å². The summed E-state index contributed by atoms with van der Waals surface area (Å²) < 4.78 is 9.91. The normalized spacial score (nSPS) is 11.0. The van der Waals surface area contributed by atoms with Gasteiger partial charge in [-0.05, 0) is 22.8 Å². The minimum atomic E-state index is -0.417. The second-order valence-corrected chi connectivity index (χ2v) is 5.30. The number of carbonyl (C=O) groups excluding carboxylic acids is 1. The van der Waals surface area contributed by atoms with E-state index in [2.05, 4.69) is 29.5 Å². The lowest BCUT2D eigenvalue weighted by molar-refractivity contribution is -0.129. The highest BCUT2D eigenvalue weighted by Gasteiger charge is 2.21. The second kappa shape index (κ2) is 9.74. The zero-order chi connectivity index (χ0) is 18.1. The Balaban J connectivity index is 0.000000277. The number of benzene rings is 2. The van der Waals surface area contributed by atoms with Crippen LogP contribution >= 0.6 is 0 Å². The molecule has 0 saturated heterocycles. The Labute approximate surface area is 147 Å². The molecule has 3 rings (SSSR count). The van der Waals surface area contributed by atoms with Crippen LogP contribution in [0.4, 0.5) is 0 Å². The lowest BCUT2D eigenvalue weighted by Gasteiger charge is -2.07. The Morgan fingerprint density at radius 2 is 1.72 bits per heavy atom. The first-order valence-corrected chi connectivity index (χ1v) is 8.05. The van der Waals surface area contributed by atoms with Gasteiger partial charge >= 0.3 is 5.97 Å². The molecular weight excluding hydrogens is 320 g/mol. The van der Waals surface area contributed by atoms with Gasteiger partial charge in [0.15, 0.2) is 0 Å². The van der Waals surface area contributed by atoms with Gasteiger partial charge in [-0.15, -0.1) is 0 Å². The molecule has 0 aliphatic heterocycles. The predicted octanol–water partition coefficient (Wildman–Crippen LogP) is 2.34. The van der Waals surface area contributed by atoms with Crippen LogP contribution in [-0.4, -0.2) is 42.6 Å². The Morgan fingerprint density at radius 1 is 1.04 bits per heavy atom. The largest absolute Gasteiger partial charge is 0.423 e. The summed E-state index contributed by atoms with van der Waals surface area (Å²) in [5, 5.41) is 16.2. The molecule has 1 aliphatic rings. The van der Waals surface area contributed by atoms with E-state index >= 15 is 0 Å². The summed E-state index contributed by atoms with van der Waals surface area (Å²) in [5.74, 6) is 0.216. The van der Waals surface area contributed by atoms with E-state index in [1.165, 1.54) is 17.2 Å². The third-order valence-corrected chi connectivity index (χ3v) is 3.66. The van der Waals surface area contributed by atoms with Crippen LogP contribution in [0, 0.1) is 0 Å². The average Bonchev–Trinajstić information content (AvgIpc) is 3.02. The zero-order valence-corrected chi connectivity index (χ0v) is 14.0. The van der Waals surface area contributed by atoms with Crippen molar-refractivity contribution >= 4 is 5.97 Å². The molecule has 0 aromatic heterocycles. The Kier molecular flexibility index (Phi) is 7.35. The Hall–Kier alpha value is -2.47. The highest BCUT2D eigenvalue weighted by Crippen LogP contribution is 2.40. The van der Waals surface area contributed by atoms with Crippen molar-refractivity contribution in [3.8, 4) is 16.9 Å². The molecule has 0 radical (unpaired) electrons. The van der Waals surface area contributed by atoms with Gasteiger partial charge in [-0.25, -0.2) is 4.79 Å². The van der Waals surface area contributed by atoms with Crippen molar-refractivity contribution in [3.05, 3.63) is 66.2 Å². The van der Waals surface area contributed by atoms with Gasteiger partial charge in [0.2, 0.25) is 0 Å². The molecule has 5 heteroatoms. The number of carbonyl (C=O) groups is 1. The molecule has 0 heterocycles. The van der Waals surface area contributed by atoms with Gasteiger partial charge in [0.1, 0.15) is 5.75 Å². The average molecular weight is 342 g/mol. The molecule has 0 spiro atoms. The summed E-state index contributed by atoms with van der Waals surface area (Å²) in [6, 6.07) is 14.1. The summed E-state index contributed by atoms with van der Waals surface area (Å²) >= 11 is 0. The molecule has 1 aliphatic carbocycles. The van der Waals surface area contributed by atoms with Gasteiger partial charge < -0.3 is 19.7 Å². The molecular formula is C20H22O5. The van der Waals surface area contributed by atoms with Gasteiger partial charge in [-0.2, -0.15) is 0 Å². The van der Waals surface area contributed by atoms with Gasteiger partial charge in [0.05, 0.1) is 26.4 Å². The number of aliphatic hydroxyl groups excluding tert-OH is 2. The van der Waals surface area contributed by atoms with E-state index in [1.54, 1.807) is 0 Å². The van der Waals surface area contributed by atoms with Crippen LogP contribution in [0.2, 0.25) is 0 Å². The minimum absolute atomic E-state index is 0.0278. The van der Waals surface area contributed by atoms with E-state index in [9.17, 15) is 4.79 Å². The second-order valence-electron chi connectivity index (χ2n) is 5.30. The van der Waals surface area contributed by atoms with Crippen molar-refractivity contribution in [2.75, 3.05) is 26.4 Å². The number of rotatable bonds is 6. The number of esters is 1. The third-order valence-electron chi connectivity index (χ3n) is 3.66. The van der Waals surface area contributed by atoms with Gasteiger partial charge in [0.25, 0.3) is 0 Å². The number of hydrogen-bond donors (Lipinski definition) is 2. The lowest BCUT2D eigenvalue weighted by Crippen LogP contribution is -2.04. The van der Waals surface area contributed by atoms with Crippen molar-refractivity contribution in [1.82, 2.24) is 0 Å². The number of ether oxygens (including phenoxy) is 2. The minimum Gasteiger partial charge on any atom is -0.423 e. The fraction of sp³-hybridized carbons (Fsp3) is 0.250. The predicted molar refractivity (Wildman–Crippen MR) is 95.5 cm³/mol. The smallest absolute Gasteiger partial charge is 0.335 e. The van der Waals surface area contributed by atoms with Crippen LogP contribution in [0.15, 0.2) is 55.1 Å². The fourth-order valence-electron chi connectivity index (χ4n) is 2.60. The standard InChI is InChI=1S/C16H12O2.C4H10O3/c1-2-16(17)18-15-9-5-8-13-12-7-4-3-6-11(12)10-14(13)15;5-1-3-7-4-2-6/h2-9H,1,10H2;5-6H,1-4H2. The maximum absolute atomic E-state index is 11.3. The van der Waals surface area contributed by atoms with Crippen molar-refractivity contribution < 1.29 is 24.5 Å². The monoisotopic (exact) mass is 342 g/mol. The van der Waals surface area contributed by atoms with Crippen LogP contribution in [0.25, 0.3) is 11.1 Å². The van der Waals surface area contributed by atoms with Crippen LogP contribution in [0.5, 0.6) is 5.75 Å². The van der Waals surface area contributed by atoms with Crippen molar-refractivity contribution in [3.63, 3.8) is 0 Å². The number of fused-ring (bicyclic) bond motifs is 3. The summed E-state index contributed by atoms with van der Waals surface area (Å²) in [6.07, 6.45) is 1.99. The molecule has 0 atom stereocenters. The van der Waals surface area contributed by atoms with Crippen molar-refractivity contribution in [1.29, 1.82) is 0 Å². The summed E-state index contributed by atoms with van der Waals surface area (Å²) in [7, 11) is 0. The van der Waals surface area contributed by atoms with Crippen LogP contribution in [-0.2, 0) is 16.0 Å². The maximum atomic E-state index is 11.3. The zero-order valence-electron chi connectivity index (χ0n) is 14.0. The van der Waals surface area contributed by atoms with E-state index < -0.39 is 5.97 Å². The van der Waals surface area contributed by atoms with Gasteiger partial charge in [-0.3, -0.25) is 0 Å². The molecule has 0 amide bonds. The Bertz CT molecular complexity index is 720. The first kappa shape index (κ1) is 18.9. The van der Waals surface area contributed by atoms with Crippen LogP contribution in [0.3, 0.4) is 0 Å². The van der Waals surface area contributed by atoms with E-state index in [0.29, 0.717) is 19.0 Å². The molecule has 5 nitrogen and oxygen atoms in total. The van der Waals surface area contributed by atoms with E-state index in [0.717, 1.165) is 17.5 Å². The molecule has 0 fully saturated rings. The first-order chi connectivity index (χ1) is 12.2.